The molecule has 0 heterocycles. The van der Waals surface area contributed by atoms with Gasteiger partial charge in [0.05, 0.1) is 33.0 Å². The molecule has 1 saturated carbocycles. The average Bonchev–Trinajstić information content (AvgIpc) is 3.26. The Balaban J connectivity index is 1.69. The quantitative estimate of drug-likeness (QED) is 0.0230. The smallest absolute Gasteiger partial charge is 0.333 e. The van der Waals surface area contributed by atoms with Crippen LogP contribution in [0.15, 0.2) is 72.8 Å². The molecule has 62 heavy (non-hydrogen) atoms. The molecule has 0 saturated heterocycles. The van der Waals surface area contributed by atoms with Crippen molar-refractivity contribution in [3.05, 3.63) is 101 Å². The predicted octanol–water partition coefficient (Wildman–Crippen LogP) is 12.4. The molecule has 0 radical (unpaired) electrons. The van der Waals surface area contributed by atoms with Crippen molar-refractivity contribution >= 4 is 5.97 Å². The average molecular weight is 857 g/mol. The Morgan fingerprint density at radius 2 is 1.42 bits per heavy atom. The summed E-state index contributed by atoms with van der Waals surface area (Å²) in [7, 11) is 0. The molecule has 0 aliphatic heterocycles. The first kappa shape index (κ1) is 50.8. The second-order valence-electron chi connectivity index (χ2n) is 18.2. The maximum Gasteiger partial charge on any atom is 0.333 e. The Kier molecular flexibility index (Phi) is 20.4. The highest BCUT2D eigenvalue weighted by Gasteiger charge is 2.29. The fraction of sp³-hybridized carbons (Fsp3) is 0.574. The van der Waals surface area contributed by atoms with Crippen LogP contribution in [0.5, 0.6) is 5.75 Å². The van der Waals surface area contributed by atoms with E-state index >= 15 is 4.39 Å². The van der Waals surface area contributed by atoms with E-state index in [1.54, 1.807) is 26.8 Å². The number of aryl methyl sites for hydroxylation is 3. The number of ether oxygens (including phenoxy) is 3. The van der Waals surface area contributed by atoms with Crippen molar-refractivity contribution in [1.82, 2.24) is 0 Å². The lowest BCUT2D eigenvalue weighted by molar-refractivity contribution is -0.161. The van der Waals surface area contributed by atoms with Gasteiger partial charge in [-0.05, 0) is 166 Å². The van der Waals surface area contributed by atoms with Gasteiger partial charge in [-0.1, -0.05) is 96.4 Å². The minimum absolute atomic E-state index is 0.141. The first-order valence-electron chi connectivity index (χ1n) is 23.5. The van der Waals surface area contributed by atoms with E-state index in [0.717, 1.165) is 76.3 Å². The molecule has 1 atom stereocenters. The number of halogens is 1. The lowest BCUT2D eigenvalue weighted by atomic mass is 9.77. The lowest BCUT2D eigenvalue weighted by Crippen LogP contribution is -2.32. The van der Waals surface area contributed by atoms with Gasteiger partial charge in [0.25, 0.3) is 0 Å². The van der Waals surface area contributed by atoms with Gasteiger partial charge in [-0.15, -0.1) is 0 Å². The number of rotatable bonds is 27. The van der Waals surface area contributed by atoms with Gasteiger partial charge < -0.3 is 29.5 Å². The van der Waals surface area contributed by atoms with Crippen molar-refractivity contribution in [2.24, 2.45) is 11.3 Å². The Morgan fingerprint density at radius 3 is 2.00 bits per heavy atom. The molecule has 342 valence electrons. The normalized spacial score (nSPS) is 16.5. The number of benzene rings is 3. The first-order chi connectivity index (χ1) is 29.7. The van der Waals surface area contributed by atoms with Crippen LogP contribution in [0.1, 0.15) is 153 Å². The number of aliphatic hydroxyl groups is 3. The van der Waals surface area contributed by atoms with Crippen LogP contribution in [0.3, 0.4) is 0 Å². The SMILES string of the molecule is C=C(C)C(=O)OCCCc1cc(-c2ccc(-c3ccc(C4CCC(CCCCC)CC4)cc3F)cc2CC)cc(CCCOC(C)(O)C(=C)C)c1OCCC(CO)(CO)CCC. The van der Waals surface area contributed by atoms with Gasteiger partial charge in [0.15, 0.2) is 5.79 Å². The molecule has 3 N–H and O–H groups in total. The summed E-state index contributed by atoms with van der Waals surface area (Å²) in [5.41, 5.74) is 7.78. The Bertz CT molecular complexity index is 1900. The number of hydrogen-bond acceptors (Lipinski definition) is 7. The topological polar surface area (TPSA) is 105 Å². The molecule has 1 aliphatic carbocycles. The van der Waals surface area contributed by atoms with Crippen LogP contribution >= 0.6 is 0 Å². The van der Waals surface area contributed by atoms with Crippen molar-refractivity contribution in [2.75, 3.05) is 33.0 Å². The van der Waals surface area contributed by atoms with E-state index in [0.29, 0.717) is 61.2 Å². The second-order valence-corrected chi connectivity index (χ2v) is 18.2. The molecule has 3 aromatic rings. The summed E-state index contributed by atoms with van der Waals surface area (Å²) < 4.78 is 34.0. The summed E-state index contributed by atoms with van der Waals surface area (Å²) in [6.45, 7) is 19.4. The van der Waals surface area contributed by atoms with E-state index in [9.17, 15) is 20.1 Å². The van der Waals surface area contributed by atoms with Crippen LogP contribution in [-0.4, -0.2) is 60.1 Å². The van der Waals surface area contributed by atoms with Crippen molar-refractivity contribution in [1.29, 1.82) is 0 Å². The third-order valence-corrected chi connectivity index (χ3v) is 13.1. The zero-order valence-electron chi connectivity index (χ0n) is 38.9. The molecular formula is C54H77FO7. The van der Waals surface area contributed by atoms with Gasteiger partial charge in [-0.2, -0.15) is 0 Å². The summed E-state index contributed by atoms with van der Waals surface area (Å²) in [6.07, 6.45) is 14.9. The van der Waals surface area contributed by atoms with Crippen LogP contribution in [0.25, 0.3) is 22.3 Å². The predicted molar refractivity (Wildman–Crippen MR) is 251 cm³/mol. The van der Waals surface area contributed by atoms with Gasteiger partial charge in [0.2, 0.25) is 0 Å². The van der Waals surface area contributed by atoms with Gasteiger partial charge in [-0.25, -0.2) is 9.18 Å². The Labute approximate surface area is 372 Å². The molecule has 3 aromatic carbocycles. The number of carbonyl (C=O) groups excluding carboxylic acids is 1. The van der Waals surface area contributed by atoms with Gasteiger partial charge in [-0.3, -0.25) is 0 Å². The first-order valence-corrected chi connectivity index (χ1v) is 23.5. The summed E-state index contributed by atoms with van der Waals surface area (Å²) in [4.78, 5) is 12.2. The minimum atomic E-state index is -1.45. The highest BCUT2D eigenvalue weighted by Crippen LogP contribution is 2.41. The Morgan fingerprint density at radius 1 is 0.774 bits per heavy atom. The zero-order valence-corrected chi connectivity index (χ0v) is 38.9. The molecule has 4 rings (SSSR count). The lowest BCUT2D eigenvalue weighted by Gasteiger charge is -2.30. The van der Waals surface area contributed by atoms with E-state index in [1.807, 2.05) is 19.1 Å². The van der Waals surface area contributed by atoms with Crippen molar-refractivity contribution < 1.29 is 38.7 Å². The number of carbonyl (C=O) groups is 1. The van der Waals surface area contributed by atoms with E-state index < -0.39 is 17.2 Å². The molecular weight excluding hydrogens is 780 g/mol. The maximum absolute atomic E-state index is 16.0. The number of aliphatic hydroxyl groups excluding tert-OH is 2. The molecule has 0 aromatic heterocycles. The van der Waals surface area contributed by atoms with Gasteiger partial charge >= 0.3 is 5.97 Å². The van der Waals surface area contributed by atoms with Crippen molar-refractivity contribution in [3.63, 3.8) is 0 Å². The maximum atomic E-state index is 16.0. The number of unbranched alkanes of at least 4 members (excludes halogenated alkanes) is 2. The van der Waals surface area contributed by atoms with Crippen molar-refractivity contribution in [2.45, 2.75) is 156 Å². The third kappa shape index (κ3) is 14.4. The molecule has 8 heteroatoms. The molecule has 0 amide bonds. The summed E-state index contributed by atoms with van der Waals surface area (Å²) in [5, 5.41) is 31.3. The van der Waals surface area contributed by atoms with E-state index in [4.69, 9.17) is 14.2 Å². The van der Waals surface area contributed by atoms with Crippen LogP contribution in [0.2, 0.25) is 0 Å². The van der Waals surface area contributed by atoms with Crippen LogP contribution in [-0.2, 0) is 33.5 Å². The van der Waals surface area contributed by atoms with Gasteiger partial charge in [0, 0.05) is 16.6 Å². The largest absolute Gasteiger partial charge is 0.493 e. The fourth-order valence-electron chi connectivity index (χ4n) is 8.89. The summed E-state index contributed by atoms with van der Waals surface area (Å²) in [5.74, 6) is -0.121. The van der Waals surface area contributed by atoms with Crippen LogP contribution < -0.4 is 4.74 Å². The van der Waals surface area contributed by atoms with Gasteiger partial charge in [0.1, 0.15) is 11.6 Å². The highest BCUT2D eigenvalue weighted by atomic mass is 19.1. The number of hydrogen-bond donors (Lipinski definition) is 3. The summed E-state index contributed by atoms with van der Waals surface area (Å²) >= 11 is 0. The molecule has 1 fully saturated rings. The molecule has 0 spiro atoms. The van der Waals surface area contributed by atoms with E-state index in [1.165, 1.54) is 38.5 Å². The molecule has 0 bridgehead atoms. The van der Waals surface area contributed by atoms with Crippen LogP contribution in [0.4, 0.5) is 4.39 Å². The third-order valence-electron chi connectivity index (χ3n) is 13.1. The van der Waals surface area contributed by atoms with Crippen molar-refractivity contribution in [3.8, 4) is 28.0 Å². The van der Waals surface area contributed by atoms with Crippen LogP contribution in [0, 0.1) is 17.2 Å². The zero-order chi connectivity index (χ0) is 45.3. The molecule has 1 unspecified atom stereocenters. The molecule has 1 aliphatic rings. The second kappa shape index (κ2) is 24.9. The monoisotopic (exact) mass is 857 g/mol. The standard InChI is InChI=1S/C54H77FO7/c1-9-12-13-16-40-19-21-42(22-20-40)43-23-26-49(50(55)35-43)44-24-25-48(41(11-3)32-44)47-33-45(17-14-29-61-52(58)38(4)5)51(60-31-28-54(36-56,37-57)27-10-2)46(34-47)18-15-30-62-53(8,59)39(6)7/h23-26,32-35,40,42,56-57,59H,4,6,9-22,27-31,36-37H2,1-3,5,7-8H3. The Hall–Kier alpha value is -3.82. The fourth-order valence-corrected chi connectivity index (χ4v) is 8.89. The van der Waals surface area contributed by atoms with E-state index in [-0.39, 0.29) is 38.9 Å². The minimum Gasteiger partial charge on any atom is -0.493 e. The number of esters is 1. The summed E-state index contributed by atoms with van der Waals surface area (Å²) in [6, 6.07) is 16.4. The van der Waals surface area contributed by atoms with E-state index in [2.05, 4.69) is 57.3 Å². The highest BCUT2D eigenvalue weighted by molar-refractivity contribution is 5.86. The molecule has 7 nitrogen and oxygen atoms in total.